The fourth-order valence-electron chi connectivity index (χ4n) is 2.69. The lowest BCUT2D eigenvalue weighted by molar-refractivity contribution is 0.0936. The van der Waals surface area contributed by atoms with Crippen LogP contribution in [0.5, 0.6) is 0 Å². The van der Waals surface area contributed by atoms with E-state index in [-0.39, 0.29) is 11.9 Å². The zero-order valence-corrected chi connectivity index (χ0v) is 12.1. The van der Waals surface area contributed by atoms with E-state index in [2.05, 4.69) is 31.4 Å². The van der Waals surface area contributed by atoms with Gasteiger partial charge >= 0.3 is 0 Å². The molecule has 0 aromatic heterocycles. The van der Waals surface area contributed by atoms with Gasteiger partial charge in [-0.2, -0.15) is 0 Å². The van der Waals surface area contributed by atoms with Crippen molar-refractivity contribution in [2.24, 2.45) is 5.92 Å². The molecule has 1 unspecified atom stereocenters. The fourth-order valence-corrected chi connectivity index (χ4v) is 2.69. The molecular formula is C16H24N2O. The molecule has 2 rings (SSSR count). The van der Waals surface area contributed by atoms with Gasteiger partial charge in [-0.25, -0.2) is 0 Å². The van der Waals surface area contributed by atoms with Crippen molar-refractivity contribution in [3.05, 3.63) is 29.3 Å². The van der Waals surface area contributed by atoms with Gasteiger partial charge in [-0.15, -0.1) is 0 Å². The number of nitrogens with one attached hydrogen (secondary N) is 2. The average Bonchev–Trinajstić information content (AvgIpc) is 2.37. The number of carbonyl (C=O) groups is 1. The Labute approximate surface area is 115 Å². The van der Waals surface area contributed by atoms with Crippen LogP contribution in [-0.4, -0.2) is 18.5 Å². The first-order chi connectivity index (χ1) is 9.06. The summed E-state index contributed by atoms with van der Waals surface area (Å²) in [5, 5.41) is 6.44. The Kier molecular flexibility index (Phi) is 4.46. The molecule has 3 nitrogen and oxygen atoms in total. The third-order valence-electron chi connectivity index (χ3n) is 3.51. The summed E-state index contributed by atoms with van der Waals surface area (Å²) in [5.74, 6) is 0.643. The largest absolute Gasteiger partial charge is 0.385 e. The SMILES string of the molecule is CC(C)CC(C)NC(=O)c1ccc2c(c1)CCCN2. The van der Waals surface area contributed by atoms with Gasteiger partial charge in [-0.1, -0.05) is 13.8 Å². The van der Waals surface area contributed by atoms with Gasteiger partial charge in [0.15, 0.2) is 0 Å². The summed E-state index contributed by atoms with van der Waals surface area (Å²) in [6.07, 6.45) is 3.21. The number of anilines is 1. The molecule has 1 aromatic carbocycles. The number of benzene rings is 1. The van der Waals surface area contributed by atoms with Crippen molar-refractivity contribution in [2.45, 2.75) is 46.1 Å². The van der Waals surface area contributed by atoms with Crippen molar-refractivity contribution >= 4 is 11.6 Å². The molecule has 1 aliphatic heterocycles. The summed E-state index contributed by atoms with van der Waals surface area (Å²) in [6, 6.07) is 6.19. The predicted octanol–water partition coefficient (Wildman–Crippen LogP) is 3.21. The van der Waals surface area contributed by atoms with Crippen molar-refractivity contribution in [3.63, 3.8) is 0 Å². The molecule has 3 heteroatoms. The van der Waals surface area contributed by atoms with Gasteiger partial charge in [0, 0.05) is 23.8 Å². The van der Waals surface area contributed by atoms with Crippen LogP contribution in [0.4, 0.5) is 5.69 Å². The van der Waals surface area contributed by atoms with Gasteiger partial charge in [0.05, 0.1) is 0 Å². The summed E-state index contributed by atoms with van der Waals surface area (Å²) in [7, 11) is 0. The van der Waals surface area contributed by atoms with E-state index in [1.54, 1.807) is 0 Å². The van der Waals surface area contributed by atoms with E-state index in [1.807, 2.05) is 18.2 Å². The number of hydrogen-bond acceptors (Lipinski definition) is 2. The molecule has 0 fully saturated rings. The monoisotopic (exact) mass is 260 g/mol. The van der Waals surface area contributed by atoms with Crippen LogP contribution in [-0.2, 0) is 6.42 Å². The van der Waals surface area contributed by atoms with E-state index in [0.717, 1.165) is 31.4 Å². The molecule has 0 saturated carbocycles. The molecule has 1 atom stereocenters. The third-order valence-corrected chi connectivity index (χ3v) is 3.51. The summed E-state index contributed by atoms with van der Waals surface area (Å²) < 4.78 is 0. The Morgan fingerprint density at radius 3 is 2.89 bits per heavy atom. The minimum atomic E-state index is 0.0431. The van der Waals surface area contributed by atoms with Gasteiger partial charge < -0.3 is 10.6 Å². The maximum absolute atomic E-state index is 12.2. The van der Waals surface area contributed by atoms with Crippen molar-refractivity contribution in [2.75, 3.05) is 11.9 Å². The van der Waals surface area contributed by atoms with E-state index in [9.17, 15) is 4.79 Å². The Hall–Kier alpha value is -1.51. The molecule has 0 spiro atoms. The summed E-state index contributed by atoms with van der Waals surface area (Å²) in [4.78, 5) is 12.2. The second-order valence-electron chi connectivity index (χ2n) is 5.91. The van der Waals surface area contributed by atoms with E-state index >= 15 is 0 Å². The first-order valence-electron chi connectivity index (χ1n) is 7.24. The maximum Gasteiger partial charge on any atom is 0.251 e. The molecule has 1 aliphatic rings. The van der Waals surface area contributed by atoms with Gasteiger partial charge in [-0.05, 0) is 55.9 Å². The van der Waals surface area contributed by atoms with Crippen LogP contribution in [0.15, 0.2) is 18.2 Å². The highest BCUT2D eigenvalue weighted by molar-refractivity contribution is 5.95. The molecule has 104 valence electrons. The van der Waals surface area contributed by atoms with E-state index < -0.39 is 0 Å². The number of hydrogen-bond donors (Lipinski definition) is 2. The van der Waals surface area contributed by atoms with Crippen LogP contribution in [0.2, 0.25) is 0 Å². The standard InChI is InChI=1S/C16H24N2O/c1-11(2)9-12(3)18-16(19)14-6-7-15-13(10-14)5-4-8-17-15/h6-7,10-12,17H,4-5,8-9H2,1-3H3,(H,18,19). The van der Waals surface area contributed by atoms with Crippen molar-refractivity contribution in [3.8, 4) is 0 Å². The number of fused-ring (bicyclic) bond motifs is 1. The molecule has 1 amide bonds. The lowest BCUT2D eigenvalue weighted by Crippen LogP contribution is -2.33. The lowest BCUT2D eigenvalue weighted by atomic mass is 10.00. The molecular weight excluding hydrogens is 236 g/mol. The zero-order valence-electron chi connectivity index (χ0n) is 12.1. The van der Waals surface area contributed by atoms with Crippen molar-refractivity contribution in [1.82, 2.24) is 5.32 Å². The number of amides is 1. The van der Waals surface area contributed by atoms with Crippen LogP contribution in [0.3, 0.4) is 0 Å². The Morgan fingerprint density at radius 1 is 1.37 bits per heavy atom. The Bertz CT molecular complexity index is 454. The minimum Gasteiger partial charge on any atom is -0.385 e. The summed E-state index contributed by atoms with van der Waals surface area (Å²) in [5.41, 5.74) is 3.21. The fraction of sp³-hybridized carbons (Fsp3) is 0.562. The zero-order chi connectivity index (χ0) is 13.8. The maximum atomic E-state index is 12.2. The predicted molar refractivity (Wildman–Crippen MR) is 79.6 cm³/mol. The van der Waals surface area contributed by atoms with Crippen LogP contribution >= 0.6 is 0 Å². The quantitative estimate of drug-likeness (QED) is 0.872. The van der Waals surface area contributed by atoms with Crippen molar-refractivity contribution < 1.29 is 4.79 Å². The summed E-state index contributed by atoms with van der Waals surface area (Å²) in [6.45, 7) is 7.45. The second kappa shape index (κ2) is 6.09. The summed E-state index contributed by atoms with van der Waals surface area (Å²) >= 11 is 0. The van der Waals surface area contributed by atoms with Gasteiger partial charge in [-0.3, -0.25) is 4.79 Å². The number of aryl methyl sites for hydroxylation is 1. The first-order valence-corrected chi connectivity index (χ1v) is 7.24. The van der Waals surface area contributed by atoms with Gasteiger partial charge in [0.2, 0.25) is 0 Å². The van der Waals surface area contributed by atoms with Crippen molar-refractivity contribution in [1.29, 1.82) is 0 Å². The molecule has 1 aromatic rings. The average molecular weight is 260 g/mol. The molecule has 0 bridgehead atoms. The van der Waals surface area contributed by atoms with Crippen LogP contribution in [0, 0.1) is 5.92 Å². The molecule has 1 heterocycles. The molecule has 0 aliphatic carbocycles. The number of carbonyl (C=O) groups excluding carboxylic acids is 1. The van der Waals surface area contributed by atoms with Gasteiger partial charge in [0.25, 0.3) is 5.91 Å². The highest BCUT2D eigenvalue weighted by Gasteiger charge is 2.14. The Balaban J connectivity index is 2.03. The highest BCUT2D eigenvalue weighted by atomic mass is 16.1. The second-order valence-corrected chi connectivity index (χ2v) is 5.91. The smallest absolute Gasteiger partial charge is 0.251 e. The molecule has 0 radical (unpaired) electrons. The molecule has 0 saturated heterocycles. The highest BCUT2D eigenvalue weighted by Crippen LogP contribution is 2.23. The van der Waals surface area contributed by atoms with E-state index in [4.69, 9.17) is 0 Å². The van der Waals surface area contributed by atoms with E-state index in [0.29, 0.717) is 5.92 Å². The van der Waals surface area contributed by atoms with E-state index in [1.165, 1.54) is 11.3 Å². The molecule has 2 N–H and O–H groups in total. The lowest BCUT2D eigenvalue weighted by Gasteiger charge is -2.20. The van der Waals surface area contributed by atoms with Crippen LogP contribution in [0.1, 0.15) is 49.5 Å². The number of rotatable bonds is 4. The topological polar surface area (TPSA) is 41.1 Å². The normalized spacial score (nSPS) is 15.6. The van der Waals surface area contributed by atoms with Gasteiger partial charge in [0.1, 0.15) is 0 Å². The van der Waals surface area contributed by atoms with Crippen LogP contribution < -0.4 is 10.6 Å². The Morgan fingerprint density at radius 2 is 2.16 bits per heavy atom. The molecule has 19 heavy (non-hydrogen) atoms. The first kappa shape index (κ1) is 13.9. The minimum absolute atomic E-state index is 0.0431. The van der Waals surface area contributed by atoms with Crippen LogP contribution in [0.25, 0.3) is 0 Å². The third kappa shape index (κ3) is 3.72.